The predicted molar refractivity (Wildman–Crippen MR) is 81.8 cm³/mol. The summed E-state index contributed by atoms with van der Waals surface area (Å²) in [4.78, 5) is 25.6. The van der Waals surface area contributed by atoms with Crippen molar-refractivity contribution in [1.82, 2.24) is 14.7 Å². The molecule has 6 heteroatoms. The van der Waals surface area contributed by atoms with Crippen LogP contribution in [0.1, 0.15) is 13.8 Å². The van der Waals surface area contributed by atoms with Gasteiger partial charge in [-0.15, -0.1) is 0 Å². The molecule has 1 aromatic heterocycles. The number of amides is 1. The molecule has 0 aliphatic heterocycles. The van der Waals surface area contributed by atoms with E-state index in [1.807, 2.05) is 13.8 Å². The van der Waals surface area contributed by atoms with Gasteiger partial charge in [-0.2, -0.15) is 5.10 Å². The summed E-state index contributed by atoms with van der Waals surface area (Å²) in [5.41, 5.74) is 0.234. The topological polar surface area (TPSA) is 55.2 Å². The van der Waals surface area contributed by atoms with Crippen molar-refractivity contribution in [3.8, 4) is 11.3 Å². The quantitative estimate of drug-likeness (QED) is 0.848. The molecule has 116 valence electrons. The fraction of sp³-hybridized carbons (Fsp3) is 0.312. The van der Waals surface area contributed by atoms with E-state index in [2.05, 4.69) is 5.10 Å². The minimum atomic E-state index is -0.421. The lowest BCUT2D eigenvalue weighted by atomic mass is 10.1. The number of nitrogens with zero attached hydrogens (tertiary/aromatic N) is 3. The molecule has 0 aliphatic carbocycles. The summed E-state index contributed by atoms with van der Waals surface area (Å²) in [7, 11) is 0. The Hall–Kier alpha value is -2.50. The first kappa shape index (κ1) is 15.9. The summed E-state index contributed by atoms with van der Waals surface area (Å²) < 4.78 is 14.9. The number of halogens is 1. The third-order valence-electron chi connectivity index (χ3n) is 3.42. The van der Waals surface area contributed by atoms with Gasteiger partial charge in [0.2, 0.25) is 5.91 Å². The van der Waals surface area contributed by atoms with E-state index in [-0.39, 0.29) is 18.0 Å². The molecular weight excluding hydrogens is 285 g/mol. The fourth-order valence-corrected chi connectivity index (χ4v) is 2.18. The van der Waals surface area contributed by atoms with Crippen molar-refractivity contribution in [3.63, 3.8) is 0 Å². The highest BCUT2D eigenvalue weighted by molar-refractivity contribution is 5.75. The Morgan fingerprint density at radius 3 is 2.50 bits per heavy atom. The molecule has 2 rings (SSSR count). The van der Waals surface area contributed by atoms with Crippen molar-refractivity contribution in [3.05, 3.63) is 52.6 Å². The van der Waals surface area contributed by atoms with E-state index in [1.54, 1.807) is 23.1 Å². The Labute approximate surface area is 128 Å². The predicted octanol–water partition coefficient (Wildman–Crippen LogP) is 1.92. The Kier molecular flexibility index (Phi) is 5.04. The van der Waals surface area contributed by atoms with Crippen molar-refractivity contribution in [1.29, 1.82) is 0 Å². The second-order valence-corrected chi connectivity index (χ2v) is 4.76. The SMILES string of the molecule is CCN(CC)C(=O)Cn1nc(-c2ccccc2F)ccc1=O. The van der Waals surface area contributed by atoms with E-state index in [0.29, 0.717) is 24.3 Å². The fourth-order valence-electron chi connectivity index (χ4n) is 2.18. The van der Waals surface area contributed by atoms with Crippen molar-refractivity contribution in [2.75, 3.05) is 13.1 Å². The number of likely N-dealkylation sites (N-methyl/N-ethyl adjacent to an activating group) is 1. The van der Waals surface area contributed by atoms with Gasteiger partial charge in [0.1, 0.15) is 12.4 Å². The third-order valence-corrected chi connectivity index (χ3v) is 3.42. The van der Waals surface area contributed by atoms with Crippen LogP contribution in [0.3, 0.4) is 0 Å². The Morgan fingerprint density at radius 1 is 1.18 bits per heavy atom. The number of aromatic nitrogens is 2. The average Bonchev–Trinajstić information content (AvgIpc) is 2.51. The van der Waals surface area contributed by atoms with E-state index < -0.39 is 5.82 Å². The highest BCUT2D eigenvalue weighted by Crippen LogP contribution is 2.18. The summed E-state index contributed by atoms with van der Waals surface area (Å²) in [6, 6.07) is 8.94. The van der Waals surface area contributed by atoms with Crippen LogP contribution in [0, 0.1) is 5.82 Å². The number of carbonyl (C=O) groups excluding carboxylic acids is 1. The second-order valence-electron chi connectivity index (χ2n) is 4.76. The lowest BCUT2D eigenvalue weighted by molar-refractivity contribution is -0.131. The molecule has 1 amide bonds. The van der Waals surface area contributed by atoms with Crippen LogP contribution in [0.2, 0.25) is 0 Å². The van der Waals surface area contributed by atoms with Gasteiger partial charge < -0.3 is 4.90 Å². The summed E-state index contributed by atoms with van der Waals surface area (Å²) in [5.74, 6) is -0.611. The molecule has 0 fully saturated rings. The largest absolute Gasteiger partial charge is 0.342 e. The van der Waals surface area contributed by atoms with Gasteiger partial charge in [0, 0.05) is 24.7 Å². The smallest absolute Gasteiger partial charge is 0.267 e. The first-order valence-electron chi connectivity index (χ1n) is 7.17. The van der Waals surface area contributed by atoms with Crippen molar-refractivity contribution < 1.29 is 9.18 Å². The number of benzene rings is 1. The standard InChI is InChI=1S/C16H18FN3O2/c1-3-19(4-2)16(22)11-20-15(21)10-9-14(18-20)12-7-5-6-8-13(12)17/h5-10H,3-4,11H2,1-2H3. The van der Waals surface area contributed by atoms with Crippen LogP contribution in [0.5, 0.6) is 0 Å². The zero-order valence-corrected chi connectivity index (χ0v) is 12.6. The van der Waals surface area contributed by atoms with Crippen LogP contribution in [0.15, 0.2) is 41.2 Å². The van der Waals surface area contributed by atoms with Crippen LogP contribution in [0.4, 0.5) is 4.39 Å². The van der Waals surface area contributed by atoms with Crippen molar-refractivity contribution in [2.24, 2.45) is 0 Å². The van der Waals surface area contributed by atoms with E-state index in [0.717, 1.165) is 4.68 Å². The molecule has 0 N–H and O–H groups in total. The minimum absolute atomic E-state index is 0.150. The molecular formula is C16H18FN3O2. The molecule has 22 heavy (non-hydrogen) atoms. The maximum absolute atomic E-state index is 13.8. The van der Waals surface area contributed by atoms with Crippen LogP contribution in [0.25, 0.3) is 11.3 Å². The van der Waals surface area contributed by atoms with Gasteiger partial charge in [0.15, 0.2) is 0 Å². The van der Waals surface area contributed by atoms with Crippen LogP contribution >= 0.6 is 0 Å². The van der Waals surface area contributed by atoms with Crippen LogP contribution in [-0.4, -0.2) is 33.7 Å². The van der Waals surface area contributed by atoms with E-state index >= 15 is 0 Å². The maximum atomic E-state index is 13.8. The van der Waals surface area contributed by atoms with Gasteiger partial charge in [-0.1, -0.05) is 12.1 Å². The van der Waals surface area contributed by atoms with Crippen molar-refractivity contribution >= 4 is 5.91 Å². The first-order chi connectivity index (χ1) is 10.6. The lowest BCUT2D eigenvalue weighted by Gasteiger charge is -2.18. The molecule has 1 heterocycles. The summed E-state index contributed by atoms with van der Waals surface area (Å²) >= 11 is 0. The maximum Gasteiger partial charge on any atom is 0.267 e. The number of hydrogen-bond acceptors (Lipinski definition) is 3. The number of carbonyl (C=O) groups is 1. The summed E-state index contributed by atoms with van der Waals surface area (Å²) in [6.45, 7) is 4.72. The van der Waals surface area contributed by atoms with Crippen molar-refractivity contribution in [2.45, 2.75) is 20.4 Å². The summed E-state index contributed by atoms with van der Waals surface area (Å²) in [6.07, 6.45) is 0. The molecule has 5 nitrogen and oxygen atoms in total. The van der Waals surface area contributed by atoms with Gasteiger partial charge in [-0.25, -0.2) is 9.07 Å². The lowest BCUT2D eigenvalue weighted by Crippen LogP contribution is -2.37. The molecule has 0 spiro atoms. The van der Waals surface area contributed by atoms with Gasteiger partial charge in [0.25, 0.3) is 5.56 Å². The minimum Gasteiger partial charge on any atom is -0.342 e. The molecule has 0 saturated carbocycles. The number of hydrogen-bond donors (Lipinski definition) is 0. The third kappa shape index (κ3) is 3.39. The van der Waals surface area contributed by atoms with E-state index in [4.69, 9.17) is 0 Å². The van der Waals surface area contributed by atoms with Crippen LogP contribution in [-0.2, 0) is 11.3 Å². The average molecular weight is 303 g/mol. The van der Waals surface area contributed by atoms with Gasteiger partial charge in [-0.05, 0) is 32.0 Å². The molecule has 0 saturated heterocycles. The highest BCUT2D eigenvalue weighted by Gasteiger charge is 2.13. The summed E-state index contributed by atoms with van der Waals surface area (Å²) in [5, 5.41) is 4.11. The molecule has 0 atom stereocenters. The first-order valence-corrected chi connectivity index (χ1v) is 7.17. The molecule has 0 radical (unpaired) electrons. The second kappa shape index (κ2) is 6.98. The van der Waals surface area contributed by atoms with Gasteiger partial charge >= 0.3 is 0 Å². The van der Waals surface area contributed by atoms with Crippen LogP contribution < -0.4 is 5.56 Å². The van der Waals surface area contributed by atoms with Gasteiger partial charge in [0.05, 0.1) is 5.69 Å². The Balaban J connectivity index is 2.34. The monoisotopic (exact) mass is 303 g/mol. The normalized spacial score (nSPS) is 10.5. The molecule has 1 aromatic carbocycles. The number of rotatable bonds is 5. The van der Waals surface area contributed by atoms with E-state index in [1.165, 1.54) is 18.2 Å². The van der Waals surface area contributed by atoms with Gasteiger partial charge in [-0.3, -0.25) is 9.59 Å². The molecule has 2 aromatic rings. The zero-order valence-electron chi connectivity index (χ0n) is 12.6. The molecule has 0 bridgehead atoms. The zero-order chi connectivity index (χ0) is 16.1. The Bertz CT molecular complexity index is 723. The van der Waals surface area contributed by atoms with E-state index in [9.17, 15) is 14.0 Å². The molecule has 0 unspecified atom stereocenters. The highest BCUT2D eigenvalue weighted by atomic mass is 19.1. The Morgan fingerprint density at radius 2 is 1.86 bits per heavy atom. The molecule has 0 aliphatic rings.